The Bertz CT molecular complexity index is 770. The van der Waals surface area contributed by atoms with Gasteiger partial charge < -0.3 is 19.9 Å². The smallest absolute Gasteiger partial charge is 0.272 e. The van der Waals surface area contributed by atoms with Gasteiger partial charge in [-0.2, -0.15) is 0 Å². The second-order valence-electron chi connectivity index (χ2n) is 6.81. The van der Waals surface area contributed by atoms with Crippen LogP contribution < -0.4 is 10.1 Å². The van der Waals surface area contributed by atoms with E-state index in [-0.39, 0.29) is 5.91 Å². The summed E-state index contributed by atoms with van der Waals surface area (Å²) in [5.74, 6) is 2.12. The number of hydrogen-bond acceptors (Lipinski definition) is 6. The molecule has 1 fully saturated rings. The van der Waals surface area contributed by atoms with Crippen LogP contribution in [0.4, 0.5) is 5.82 Å². The van der Waals surface area contributed by atoms with E-state index in [2.05, 4.69) is 27.2 Å². The van der Waals surface area contributed by atoms with Crippen molar-refractivity contribution in [3.63, 3.8) is 0 Å². The zero-order valence-corrected chi connectivity index (χ0v) is 16.2. The Morgan fingerprint density at radius 2 is 1.85 bits per heavy atom. The molecule has 2 aromatic rings. The van der Waals surface area contributed by atoms with Crippen LogP contribution >= 0.6 is 0 Å². The maximum atomic E-state index is 12.7. The number of ether oxygens (including phenoxy) is 1. The lowest BCUT2D eigenvalue weighted by Crippen LogP contribution is -2.47. The summed E-state index contributed by atoms with van der Waals surface area (Å²) in [6, 6.07) is 9.76. The number of methoxy groups -OCH3 is 1. The Labute approximate surface area is 160 Å². The molecule has 1 aliphatic heterocycles. The topological polar surface area (TPSA) is 70.6 Å². The molecule has 7 nitrogen and oxygen atoms in total. The Kier molecular flexibility index (Phi) is 6.24. The number of aromatic nitrogens is 2. The summed E-state index contributed by atoms with van der Waals surface area (Å²) in [6.07, 6.45) is 0.856. The van der Waals surface area contributed by atoms with Crippen molar-refractivity contribution in [1.29, 1.82) is 0 Å². The fourth-order valence-electron chi connectivity index (χ4n) is 3.07. The third kappa shape index (κ3) is 5.17. The van der Waals surface area contributed by atoms with Crippen molar-refractivity contribution < 1.29 is 9.53 Å². The summed E-state index contributed by atoms with van der Waals surface area (Å²) >= 11 is 0. The lowest BCUT2D eigenvalue weighted by molar-refractivity contribution is 0.0658. The maximum Gasteiger partial charge on any atom is 0.272 e. The van der Waals surface area contributed by atoms with Crippen molar-refractivity contribution in [2.75, 3.05) is 52.2 Å². The second kappa shape index (κ2) is 8.81. The van der Waals surface area contributed by atoms with Gasteiger partial charge in [0.15, 0.2) is 0 Å². The van der Waals surface area contributed by atoms with Crippen LogP contribution in [-0.4, -0.2) is 72.6 Å². The highest BCUT2D eigenvalue weighted by Crippen LogP contribution is 2.13. The van der Waals surface area contributed by atoms with Gasteiger partial charge in [0.05, 0.1) is 7.11 Å². The molecule has 27 heavy (non-hydrogen) atoms. The Morgan fingerprint density at radius 1 is 1.15 bits per heavy atom. The van der Waals surface area contributed by atoms with Gasteiger partial charge in [-0.1, -0.05) is 12.1 Å². The third-order valence-corrected chi connectivity index (χ3v) is 4.73. The van der Waals surface area contributed by atoms with E-state index in [1.165, 1.54) is 5.56 Å². The number of piperazine rings is 1. The first-order valence-electron chi connectivity index (χ1n) is 9.25. The summed E-state index contributed by atoms with van der Waals surface area (Å²) in [4.78, 5) is 25.6. The molecular weight excluding hydrogens is 342 g/mol. The van der Waals surface area contributed by atoms with E-state index in [0.29, 0.717) is 17.3 Å². The van der Waals surface area contributed by atoms with E-state index >= 15 is 0 Å². The normalized spacial score (nSPS) is 14.9. The molecule has 1 N–H and O–H groups in total. The van der Waals surface area contributed by atoms with E-state index in [9.17, 15) is 4.79 Å². The van der Waals surface area contributed by atoms with Crippen LogP contribution in [0, 0.1) is 6.92 Å². The van der Waals surface area contributed by atoms with Crippen molar-refractivity contribution in [3.8, 4) is 5.75 Å². The third-order valence-electron chi connectivity index (χ3n) is 4.73. The van der Waals surface area contributed by atoms with Gasteiger partial charge in [0.2, 0.25) is 0 Å². The molecule has 1 aromatic heterocycles. The standard InChI is InChI=1S/C20H27N5O2/c1-15-22-18(20(26)25-12-10-24(2)11-13-25)14-19(23-15)21-9-8-16-4-6-17(27-3)7-5-16/h4-7,14H,8-13H2,1-3H3,(H,21,22,23). The van der Waals surface area contributed by atoms with Gasteiger partial charge in [-0.3, -0.25) is 4.79 Å². The van der Waals surface area contributed by atoms with Gasteiger partial charge in [0, 0.05) is 38.8 Å². The number of carbonyl (C=O) groups excluding carboxylic acids is 1. The summed E-state index contributed by atoms with van der Waals surface area (Å²) in [6.45, 7) is 5.79. The first kappa shape index (κ1) is 19.1. The van der Waals surface area contributed by atoms with E-state index in [4.69, 9.17) is 4.74 Å². The van der Waals surface area contributed by atoms with Gasteiger partial charge in [-0.25, -0.2) is 9.97 Å². The van der Waals surface area contributed by atoms with Crippen LogP contribution in [0.25, 0.3) is 0 Å². The van der Waals surface area contributed by atoms with Gasteiger partial charge in [-0.15, -0.1) is 0 Å². The molecule has 2 heterocycles. The number of amides is 1. The number of hydrogen-bond donors (Lipinski definition) is 1. The molecule has 3 rings (SSSR count). The second-order valence-corrected chi connectivity index (χ2v) is 6.81. The quantitative estimate of drug-likeness (QED) is 0.838. The minimum absolute atomic E-state index is 0.0215. The molecule has 1 amide bonds. The van der Waals surface area contributed by atoms with Crippen molar-refractivity contribution in [3.05, 3.63) is 47.4 Å². The number of anilines is 1. The van der Waals surface area contributed by atoms with Crippen LogP contribution in [0.5, 0.6) is 5.75 Å². The molecule has 1 saturated heterocycles. The monoisotopic (exact) mass is 369 g/mol. The van der Waals surface area contributed by atoms with E-state index < -0.39 is 0 Å². The number of nitrogens with one attached hydrogen (secondary N) is 1. The number of likely N-dealkylation sites (N-methyl/N-ethyl adjacent to an activating group) is 1. The fraction of sp³-hybridized carbons (Fsp3) is 0.450. The molecule has 144 valence electrons. The average Bonchev–Trinajstić information content (AvgIpc) is 2.68. The SMILES string of the molecule is COc1ccc(CCNc2cc(C(=O)N3CCN(C)CC3)nc(C)n2)cc1. The van der Waals surface area contributed by atoms with Crippen LogP contribution in [0.3, 0.4) is 0 Å². The van der Waals surface area contributed by atoms with E-state index in [1.807, 2.05) is 36.1 Å². The molecule has 0 aliphatic carbocycles. The number of nitrogens with zero attached hydrogens (tertiary/aromatic N) is 4. The first-order chi connectivity index (χ1) is 13.0. The first-order valence-corrected chi connectivity index (χ1v) is 9.25. The molecule has 0 saturated carbocycles. The molecule has 0 atom stereocenters. The highest BCUT2D eigenvalue weighted by molar-refractivity contribution is 5.93. The van der Waals surface area contributed by atoms with Crippen molar-refractivity contribution in [1.82, 2.24) is 19.8 Å². The highest BCUT2D eigenvalue weighted by Gasteiger charge is 2.22. The van der Waals surface area contributed by atoms with Crippen LogP contribution in [0.15, 0.2) is 30.3 Å². The Hall–Kier alpha value is -2.67. The zero-order chi connectivity index (χ0) is 19.2. The zero-order valence-electron chi connectivity index (χ0n) is 16.2. The molecule has 0 spiro atoms. The molecule has 1 aromatic carbocycles. The van der Waals surface area contributed by atoms with Crippen LogP contribution in [0.1, 0.15) is 21.9 Å². The van der Waals surface area contributed by atoms with E-state index in [1.54, 1.807) is 13.2 Å². The minimum atomic E-state index is -0.0215. The van der Waals surface area contributed by atoms with Crippen molar-refractivity contribution in [2.24, 2.45) is 0 Å². The van der Waals surface area contributed by atoms with E-state index in [0.717, 1.165) is 44.9 Å². The van der Waals surface area contributed by atoms with Gasteiger partial charge in [0.25, 0.3) is 5.91 Å². The highest BCUT2D eigenvalue weighted by atomic mass is 16.5. The van der Waals surface area contributed by atoms with Crippen LogP contribution in [0.2, 0.25) is 0 Å². The lowest BCUT2D eigenvalue weighted by Gasteiger charge is -2.32. The lowest BCUT2D eigenvalue weighted by atomic mass is 10.1. The number of benzene rings is 1. The molecule has 7 heteroatoms. The summed E-state index contributed by atoms with van der Waals surface area (Å²) in [5, 5.41) is 3.31. The number of carbonyl (C=O) groups is 1. The summed E-state index contributed by atoms with van der Waals surface area (Å²) < 4.78 is 5.18. The predicted octanol–water partition coefficient (Wildman–Crippen LogP) is 1.84. The Balaban J connectivity index is 1.60. The molecule has 0 unspecified atom stereocenters. The largest absolute Gasteiger partial charge is 0.497 e. The molecule has 1 aliphatic rings. The van der Waals surface area contributed by atoms with Crippen LogP contribution in [-0.2, 0) is 6.42 Å². The van der Waals surface area contributed by atoms with Gasteiger partial charge in [-0.05, 0) is 38.1 Å². The molecular formula is C20H27N5O2. The van der Waals surface area contributed by atoms with Gasteiger partial charge in [0.1, 0.15) is 23.1 Å². The number of aryl methyl sites for hydroxylation is 1. The molecule has 0 bridgehead atoms. The van der Waals surface area contributed by atoms with Gasteiger partial charge >= 0.3 is 0 Å². The number of rotatable bonds is 6. The maximum absolute atomic E-state index is 12.7. The fourth-order valence-corrected chi connectivity index (χ4v) is 3.07. The van der Waals surface area contributed by atoms with Crippen molar-refractivity contribution >= 4 is 11.7 Å². The predicted molar refractivity (Wildman–Crippen MR) is 105 cm³/mol. The Morgan fingerprint density at radius 3 is 2.52 bits per heavy atom. The summed E-state index contributed by atoms with van der Waals surface area (Å²) in [5.41, 5.74) is 1.67. The van der Waals surface area contributed by atoms with Crippen molar-refractivity contribution in [2.45, 2.75) is 13.3 Å². The molecule has 0 radical (unpaired) electrons. The summed E-state index contributed by atoms with van der Waals surface area (Å²) in [7, 11) is 3.73. The average molecular weight is 369 g/mol. The minimum Gasteiger partial charge on any atom is -0.497 e.